The molecule has 8 heteroatoms. The van der Waals surface area contributed by atoms with Crippen molar-refractivity contribution in [2.45, 2.75) is 32.7 Å². The van der Waals surface area contributed by atoms with E-state index in [4.69, 9.17) is 14.2 Å². The molecule has 2 N–H and O–H groups in total. The number of hydrogen-bond donors (Lipinski definition) is 2. The quantitative estimate of drug-likeness (QED) is 0.582. The molecule has 8 nitrogen and oxygen atoms in total. The van der Waals surface area contributed by atoms with Gasteiger partial charge in [0.05, 0.1) is 13.2 Å². The molecule has 1 aliphatic heterocycles. The molecule has 0 spiro atoms. The van der Waals surface area contributed by atoms with E-state index in [9.17, 15) is 14.4 Å². The SMILES string of the molecule is CC[C@H](C)NC(=O)NC(=O)COC(=O)/C=C/c1ccc2c(c1)OCCCO2. The molecule has 2 rings (SSSR count). The van der Waals surface area contributed by atoms with Crippen LogP contribution in [-0.4, -0.2) is 43.8 Å². The maximum atomic E-state index is 11.7. The summed E-state index contributed by atoms with van der Waals surface area (Å²) in [7, 11) is 0. The first-order chi connectivity index (χ1) is 13.0. The zero-order valence-corrected chi connectivity index (χ0v) is 15.4. The third-order valence-corrected chi connectivity index (χ3v) is 3.77. The highest BCUT2D eigenvalue weighted by molar-refractivity contribution is 5.96. The van der Waals surface area contributed by atoms with Gasteiger partial charge in [-0.25, -0.2) is 9.59 Å². The summed E-state index contributed by atoms with van der Waals surface area (Å²) in [5.74, 6) is -0.109. The lowest BCUT2D eigenvalue weighted by molar-refractivity contribution is -0.143. The number of fused-ring (bicyclic) bond motifs is 1. The second kappa shape index (κ2) is 10.2. The fourth-order valence-electron chi connectivity index (χ4n) is 2.16. The Morgan fingerprint density at radius 3 is 2.70 bits per heavy atom. The second-order valence-electron chi connectivity index (χ2n) is 6.03. The molecule has 27 heavy (non-hydrogen) atoms. The minimum Gasteiger partial charge on any atom is -0.490 e. The summed E-state index contributed by atoms with van der Waals surface area (Å²) in [6.07, 6.45) is 4.29. The fraction of sp³-hybridized carbons (Fsp3) is 0.421. The van der Waals surface area contributed by atoms with Gasteiger partial charge in [-0.2, -0.15) is 0 Å². The van der Waals surface area contributed by atoms with Crippen LogP contribution in [0.15, 0.2) is 24.3 Å². The van der Waals surface area contributed by atoms with E-state index >= 15 is 0 Å². The summed E-state index contributed by atoms with van der Waals surface area (Å²) < 4.78 is 15.9. The molecule has 0 fully saturated rings. The van der Waals surface area contributed by atoms with Crippen LogP contribution >= 0.6 is 0 Å². The number of esters is 1. The number of rotatable bonds is 6. The van der Waals surface area contributed by atoms with E-state index in [1.165, 1.54) is 6.08 Å². The Labute approximate surface area is 157 Å². The van der Waals surface area contributed by atoms with E-state index in [0.29, 0.717) is 24.7 Å². The maximum absolute atomic E-state index is 11.7. The van der Waals surface area contributed by atoms with Gasteiger partial charge in [-0.1, -0.05) is 13.0 Å². The van der Waals surface area contributed by atoms with Crippen molar-refractivity contribution in [1.82, 2.24) is 10.6 Å². The van der Waals surface area contributed by atoms with Crippen molar-refractivity contribution in [3.63, 3.8) is 0 Å². The largest absolute Gasteiger partial charge is 0.490 e. The van der Waals surface area contributed by atoms with Crippen molar-refractivity contribution in [3.8, 4) is 11.5 Å². The third kappa shape index (κ3) is 7.01. The van der Waals surface area contributed by atoms with E-state index in [1.54, 1.807) is 24.3 Å². The first-order valence-electron chi connectivity index (χ1n) is 8.82. The normalized spacial score (nSPS) is 14.1. The van der Waals surface area contributed by atoms with Crippen LogP contribution in [0, 0.1) is 0 Å². The molecule has 0 saturated carbocycles. The number of nitrogens with one attached hydrogen (secondary N) is 2. The number of benzene rings is 1. The predicted molar refractivity (Wildman–Crippen MR) is 98.5 cm³/mol. The number of hydrogen-bond acceptors (Lipinski definition) is 6. The number of carbonyl (C=O) groups excluding carboxylic acids is 3. The van der Waals surface area contributed by atoms with Crippen LogP contribution < -0.4 is 20.1 Å². The first-order valence-corrected chi connectivity index (χ1v) is 8.82. The smallest absolute Gasteiger partial charge is 0.331 e. The van der Waals surface area contributed by atoms with Gasteiger partial charge in [0.2, 0.25) is 0 Å². The van der Waals surface area contributed by atoms with Crippen LogP contribution in [0.25, 0.3) is 6.08 Å². The van der Waals surface area contributed by atoms with Crippen LogP contribution in [0.3, 0.4) is 0 Å². The Hall–Kier alpha value is -3.03. The lowest BCUT2D eigenvalue weighted by atomic mass is 10.2. The van der Waals surface area contributed by atoms with E-state index in [1.807, 2.05) is 13.8 Å². The van der Waals surface area contributed by atoms with Gasteiger partial charge in [-0.3, -0.25) is 10.1 Å². The number of urea groups is 1. The summed E-state index contributed by atoms with van der Waals surface area (Å²) in [5, 5.41) is 4.67. The lowest BCUT2D eigenvalue weighted by Gasteiger charge is -2.11. The molecule has 146 valence electrons. The molecule has 1 heterocycles. The summed E-state index contributed by atoms with van der Waals surface area (Å²) in [5.41, 5.74) is 0.730. The van der Waals surface area contributed by atoms with Gasteiger partial charge in [0.25, 0.3) is 5.91 Å². The van der Waals surface area contributed by atoms with Crippen LogP contribution in [0.1, 0.15) is 32.3 Å². The lowest BCUT2D eigenvalue weighted by Crippen LogP contribution is -2.44. The zero-order valence-electron chi connectivity index (χ0n) is 15.4. The summed E-state index contributed by atoms with van der Waals surface area (Å²) in [4.78, 5) is 34.8. The number of ether oxygens (including phenoxy) is 3. The fourth-order valence-corrected chi connectivity index (χ4v) is 2.16. The van der Waals surface area contributed by atoms with E-state index < -0.39 is 24.5 Å². The Kier molecular flexibility index (Phi) is 7.66. The topological polar surface area (TPSA) is 103 Å². The van der Waals surface area contributed by atoms with Crippen LogP contribution in [0.2, 0.25) is 0 Å². The van der Waals surface area contributed by atoms with E-state index in [2.05, 4.69) is 10.6 Å². The maximum Gasteiger partial charge on any atom is 0.331 e. The van der Waals surface area contributed by atoms with Gasteiger partial charge in [-0.05, 0) is 37.1 Å². The molecule has 0 saturated heterocycles. The van der Waals surface area contributed by atoms with Crippen molar-refractivity contribution in [2.24, 2.45) is 0 Å². The molecule has 3 amide bonds. The average molecular weight is 376 g/mol. The van der Waals surface area contributed by atoms with E-state index in [-0.39, 0.29) is 6.04 Å². The van der Waals surface area contributed by atoms with Crippen LogP contribution in [0.4, 0.5) is 4.79 Å². The Balaban J connectivity index is 1.79. The molecule has 1 aliphatic rings. The molecular formula is C19H24N2O6. The Bertz CT molecular complexity index is 716. The molecule has 0 aliphatic carbocycles. The predicted octanol–water partition coefficient (Wildman–Crippen LogP) is 2.03. The van der Waals surface area contributed by atoms with Crippen molar-refractivity contribution < 1.29 is 28.6 Å². The molecule has 0 bridgehead atoms. The highest BCUT2D eigenvalue weighted by Gasteiger charge is 2.12. The minimum absolute atomic E-state index is 0.0569. The molecule has 0 radical (unpaired) electrons. The summed E-state index contributed by atoms with van der Waals surface area (Å²) >= 11 is 0. The number of imide groups is 1. The van der Waals surface area contributed by atoms with Crippen molar-refractivity contribution >= 4 is 24.0 Å². The molecular weight excluding hydrogens is 352 g/mol. The zero-order chi connectivity index (χ0) is 19.6. The minimum atomic E-state index is -0.701. The molecule has 1 atom stereocenters. The highest BCUT2D eigenvalue weighted by atomic mass is 16.5. The van der Waals surface area contributed by atoms with Gasteiger partial charge in [0.15, 0.2) is 18.1 Å². The van der Waals surface area contributed by atoms with Gasteiger partial charge >= 0.3 is 12.0 Å². The molecule has 0 aromatic heterocycles. The average Bonchev–Trinajstić information content (AvgIpc) is 2.89. The van der Waals surface area contributed by atoms with Crippen LogP contribution in [0.5, 0.6) is 11.5 Å². The Morgan fingerprint density at radius 1 is 1.22 bits per heavy atom. The number of amides is 3. The third-order valence-electron chi connectivity index (χ3n) is 3.77. The van der Waals surface area contributed by atoms with Crippen LogP contribution in [-0.2, 0) is 14.3 Å². The van der Waals surface area contributed by atoms with Crippen molar-refractivity contribution in [2.75, 3.05) is 19.8 Å². The van der Waals surface area contributed by atoms with Crippen molar-refractivity contribution in [1.29, 1.82) is 0 Å². The van der Waals surface area contributed by atoms with Gasteiger partial charge in [0, 0.05) is 18.5 Å². The number of carbonyl (C=O) groups is 3. The Morgan fingerprint density at radius 2 is 1.96 bits per heavy atom. The first kappa shape index (κ1) is 20.3. The second-order valence-corrected chi connectivity index (χ2v) is 6.03. The standard InChI is InChI=1S/C19H24N2O6/c1-3-13(2)20-19(24)21-17(22)12-27-18(23)8-6-14-5-7-15-16(11-14)26-10-4-9-25-15/h5-8,11,13H,3-4,9-10,12H2,1-2H3,(H2,20,21,22,24)/b8-6+/t13-/m0/s1. The molecule has 0 unspecified atom stereocenters. The van der Waals surface area contributed by atoms with Gasteiger partial charge in [0.1, 0.15) is 0 Å². The summed E-state index contributed by atoms with van der Waals surface area (Å²) in [6.45, 7) is 4.35. The molecule has 1 aromatic rings. The van der Waals surface area contributed by atoms with Gasteiger partial charge < -0.3 is 19.5 Å². The highest BCUT2D eigenvalue weighted by Crippen LogP contribution is 2.30. The summed E-state index contributed by atoms with van der Waals surface area (Å²) in [6, 6.07) is 4.64. The van der Waals surface area contributed by atoms with Crippen molar-refractivity contribution in [3.05, 3.63) is 29.8 Å². The monoisotopic (exact) mass is 376 g/mol. The molecule has 1 aromatic carbocycles. The van der Waals surface area contributed by atoms with Gasteiger partial charge in [-0.15, -0.1) is 0 Å². The van der Waals surface area contributed by atoms with E-state index in [0.717, 1.165) is 18.4 Å².